The molecule has 2 unspecified atom stereocenters. The van der Waals surface area contributed by atoms with Crippen LogP contribution in [0.3, 0.4) is 0 Å². The summed E-state index contributed by atoms with van der Waals surface area (Å²) in [5.41, 5.74) is 0. The Labute approximate surface area is 109 Å². The zero-order valence-electron chi connectivity index (χ0n) is 11.6. The van der Waals surface area contributed by atoms with E-state index in [0.29, 0.717) is 11.9 Å². The van der Waals surface area contributed by atoms with Crippen LogP contribution in [0.15, 0.2) is 4.52 Å². The van der Waals surface area contributed by atoms with Crippen LogP contribution >= 0.6 is 0 Å². The number of nitrogens with one attached hydrogen (secondary N) is 1. The minimum Gasteiger partial charge on any atom is -0.338 e. The molecular formula is C13H24N4O. The van der Waals surface area contributed by atoms with Gasteiger partial charge in [-0.2, -0.15) is 4.98 Å². The van der Waals surface area contributed by atoms with Gasteiger partial charge in [0.05, 0.1) is 6.04 Å². The Morgan fingerprint density at radius 1 is 1.50 bits per heavy atom. The molecule has 0 aromatic carbocycles. The predicted molar refractivity (Wildman–Crippen MR) is 70.4 cm³/mol. The Bertz CT molecular complexity index is 366. The molecule has 1 N–H and O–H groups in total. The molecule has 0 saturated carbocycles. The normalized spacial score (nSPS) is 23.2. The van der Waals surface area contributed by atoms with E-state index in [1.807, 2.05) is 14.0 Å². The van der Waals surface area contributed by atoms with E-state index in [2.05, 4.69) is 27.3 Å². The molecule has 1 aliphatic heterocycles. The van der Waals surface area contributed by atoms with Gasteiger partial charge in [-0.1, -0.05) is 18.5 Å². The Hall–Kier alpha value is -0.940. The molecule has 1 saturated heterocycles. The molecule has 0 spiro atoms. The summed E-state index contributed by atoms with van der Waals surface area (Å²) >= 11 is 0. The van der Waals surface area contributed by atoms with E-state index < -0.39 is 0 Å². The molecule has 1 aromatic rings. The fraction of sp³-hybridized carbons (Fsp3) is 0.846. The summed E-state index contributed by atoms with van der Waals surface area (Å²) < 4.78 is 5.29. The molecule has 0 amide bonds. The maximum atomic E-state index is 5.29. The van der Waals surface area contributed by atoms with Crippen molar-refractivity contribution in [3.63, 3.8) is 0 Å². The van der Waals surface area contributed by atoms with Crippen LogP contribution < -0.4 is 5.32 Å². The van der Waals surface area contributed by atoms with Gasteiger partial charge in [-0.3, -0.25) is 0 Å². The highest BCUT2D eigenvalue weighted by atomic mass is 16.5. The van der Waals surface area contributed by atoms with Crippen LogP contribution in [0.4, 0.5) is 0 Å². The zero-order valence-corrected chi connectivity index (χ0v) is 11.6. The Kier molecular flexibility index (Phi) is 4.72. The molecule has 18 heavy (non-hydrogen) atoms. The van der Waals surface area contributed by atoms with E-state index in [-0.39, 0.29) is 6.04 Å². The summed E-state index contributed by atoms with van der Waals surface area (Å²) in [7, 11) is 1.90. The lowest BCUT2D eigenvalue weighted by Crippen LogP contribution is -2.40. The topological polar surface area (TPSA) is 54.2 Å². The molecule has 0 aliphatic carbocycles. The molecular weight excluding hydrogens is 228 g/mol. The zero-order chi connectivity index (χ0) is 13.0. The van der Waals surface area contributed by atoms with E-state index in [0.717, 1.165) is 18.8 Å². The molecule has 5 nitrogen and oxygen atoms in total. The van der Waals surface area contributed by atoms with Crippen LogP contribution in [-0.4, -0.2) is 41.2 Å². The van der Waals surface area contributed by atoms with Gasteiger partial charge in [0.2, 0.25) is 5.89 Å². The summed E-state index contributed by atoms with van der Waals surface area (Å²) in [6.07, 6.45) is 4.80. The van der Waals surface area contributed by atoms with Crippen LogP contribution in [0.25, 0.3) is 0 Å². The molecule has 1 aliphatic rings. The van der Waals surface area contributed by atoms with Crippen LogP contribution in [0.5, 0.6) is 0 Å². The van der Waals surface area contributed by atoms with Crippen LogP contribution in [-0.2, 0) is 6.42 Å². The second kappa shape index (κ2) is 6.29. The van der Waals surface area contributed by atoms with Gasteiger partial charge in [-0.05, 0) is 39.9 Å². The van der Waals surface area contributed by atoms with E-state index in [9.17, 15) is 0 Å². The lowest BCUT2D eigenvalue weighted by molar-refractivity contribution is 0.153. The Morgan fingerprint density at radius 2 is 2.33 bits per heavy atom. The van der Waals surface area contributed by atoms with Gasteiger partial charge in [-0.25, -0.2) is 0 Å². The molecule has 2 heterocycles. The monoisotopic (exact) mass is 252 g/mol. The second-order valence-electron chi connectivity index (χ2n) is 5.04. The molecule has 2 rings (SSSR count). The van der Waals surface area contributed by atoms with Crippen molar-refractivity contribution in [2.45, 2.75) is 51.6 Å². The van der Waals surface area contributed by atoms with Crippen molar-refractivity contribution in [2.75, 3.05) is 20.1 Å². The number of hydrogen-bond acceptors (Lipinski definition) is 5. The molecule has 2 atom stereocenters. The molecule has 0 bridgehead atoms. The van der Waals surface area contributed by atoms with Crippen molar-refractivity contribution in [1.82, 2.24) is 20.4 Å². The lowest BCUT2D eigenvalue weighted by atomic mass is 9.99. The van der Waals surface area contributed by atoms with Crippen molar-refractivity contribution in [1.29, 1.82) is 0 Å². The van der Waals surface area contributed by atoms with E-state index in [1.54, 1.807) is 0 Å². The number of rotatable bonds is 5. The van der Waals surface area contributed by atoms with Crippen molar-refractivity contribution in [3.8, 4) is 0 Å². The molecule has 1 fully saturated rings. The number of likely N-dealkylation sites (tertiary alicyclic amines) is 1. The quantitative estimate of drug-likeness (QED) is 0.865. The van der Waals surface area contributed by atoms with E-state index in [1.165, 1.54) is 25.8 Å². The third-order valence-electron chi connectivity index (χ3n) is 3.86. The molecule has 102 valence electrons. The first-order valence-electron chi connectivity index (χ1n) is 6.98. The van der Waals surface area contributed by atoms with Gasteiger partial charge < -0.3 is 14.7 Å². The number of piperidine rings is 1. The van der Waals surface area contributed by atoms with Gasteiger partial charge >= 0.3 is 0 Å². The van der Waals surface area contributed by atoms with Gasteiger partial charge in [-0.15, -0.1) is 0 Å². The molecule has 1 aromatic heterocycles. The average Bonchev–Trinajstić information content (AvgIpc) is 2.87. The number of likely N-dealkylation sites (N-methyl/N-ethyl adjacent to an activating group) is 1. The van der Waals surface area contributed by atoms with E-state index in [4.69, 9.17) is 4.52 Å². The van der Waals surface area contributed by atoms with Crippen molar-refractivity contribution in [2.24, 2.45) is 0 Å². The highest BCUT2D eigenvalue weighted by Crippen LogP contribution is 2.20. The molecule has 5 heteroatoms. The highest BCUT2D eigenvalue weighted by Gasteiger charge is 2.23. The third kappa shape index (κ3) is 3.09. The number of nitrogens with zero attached hydrogens (tertiary/aromatic N) is 3. The summed E-state index contributed by atoms with van der Waals surface area (Å²) in [4.78, 5) is 7.01. The van der Waals surface area contributed by atoms with Gasteiger partial charge in [0.1, 0.15) is 0 Å². The smallest absolute Gasteiger partial charge is 0.243 e. The summed E-state index contributed by atoms with van der Waals surface area (Å²) in [5, 5.41) is 7.21. The first-order chi connectivity index (χ1) is 8.74. The largest absolute Gasteiger partial charge is 0.338 e. The molecule has 0 radical (unpaired) electrons. The predicted octanol–water partition coefficient (Wildman–Crippen LogP) is 1.77. The number of aromatic nitrogens is 2. The summed E-state index contributed by atoms with van der Waals surface area (Å²) in [6.45, 7) is 6.57. The first-order valence-corrected chi connectivity index (χ1v) is 6.98. The minimum atomic E-state index is 0.125. The second-order valence-corrected chi connectivity index (χ2v) is 5.04. The first kappa shape index (κ1) is 13.5. The van der Waals surface area contributed by atoms with E-state index >= 15 is 0 Å². The summed E-state index contributed by atoms with van der Waals surface area (Å²) in [6, 6.07) is 0.707. The van der Waals surface area contributed by atoms with Crippen molar-refractivity contribution >= 4 is 0 Å². The highest BCUT2D eigenvalue weighted by molar-refractivity contribution is 4.94. The Morgan fingerprint density at radius 3 is 3.06 bits per heavy atom. The fourth-order valence-corrected chi connectivity index (χ4v) is 2.57. The van der Waals surface area contributed by atoms with Gasteiger partial charge in [0.15, 0.2) is 5.82 Å². The minimum absolute atomic E-state index is 0.125. The Balaban J connectivity index is 1.97. The van der Waals surface area contributed by atoms with Crippen LogP contribution in [0.2, 0.25) is 0 Å². The van der Waals surface area contributed by atoms with Crippen molar-refractivity contribution in [3.05, 3.63) is 11.7 Å². The fourth-order valence-electron chi connectivity index (χ4n) is 2.57. The SMILES string of the molecule is CCN1CCCCC1Cc1noc(C(C)NC)n1. The number of hydrogen-bond donors (Lipinski definition) is 1. The summed E-state index contributed by atoms with van der Waals surface area (Å²) in [5.74, 6) is 1.53. The lowest BCUT2D eigenvalue weighted by Gasteiger charge is -2.34. The standard InChI is InChI=1S/C13H24N4O/c1-4-17-8-6-5-7-11(17)9-12-15-13(18-16-12)10(2)14-3/h10-11,14H,4-9H2,1-3H3. The van der Waals surface area contributed by atoms with Crippen LogP contribution in [0, 0.1) is 0 Å². The maximum Gasteiger partial charge on any atom is 0.243 e. The average molecular weight is 252 g/mol. The van der Waals surface area contributed by atoms with Crippen molar-refractivity contribution < 1.29 is 4.52 Å². The third-order valence-corrected chi connectivity index (χ3v) is 3.86. The maximum absolute atomic E-state index is 5.29. The van der Waals surface area contributed by atoms with Crippen LogP contribution in [0.1, 0.15) is 50.9 Å². The van der Waals surface area contributed by atoms with Gasteiger partial charge in [0, 0.05) is 12.5 Å². The van der Waals surface area contributed by atoms with Gasteiger partial charge in [0.25, 0.3) is 0 Å².